The SMILES string of the molecule is CCCc1c[c]cc(C(C)(C)C)c1. The molecule has 1 aromatic carbocycles. The first-order valence-corrected chi connectivity index (χ1v) is 5.04. The topological polar surface area (TPSA) is 0 Å². The van der Waals surface area contributed by atoms with Gasteiger partial charge in [-0.2, -0.15) is 0 Å². The molecule has 0 saturated heterocycles. The summed E-state index contributed by atoms with van der Waals surface area (Å²) in [6, 6.07) is 9.72. The molecule has 0 nitrogen and oxygen atoms in total. The van der Waals surface area contributed by atoms with E-state index in [1.165, 1.54) is 24.0 Å². The Labute approximate surface area is 82.0 Å². The quantitative estimate of drug-likeness (QED) is 0.642. The first-order valence-electron chi connectivity index (χ1n) is 5.04. The van der Waals surface area contributed by atoms with Crippen LogP contribution in [0.25, 0.3) is 0 Å². The number of aryl methyl sites for hydroxylation is 1. The molecular formula is C13H19. The van der Waals surface area contributed by atoms with Gasteiger partial charge in [0.05, 0.1) is 0 Å². The van der Waals surface area contributed by atoms with Crippen LogP contribution in [0.15, 0.2) is 18.2 Å². The van der Waals surface area contributed by atoms with Gasteiger partial charge in [-0.1, -0.05) is 52.3 Å². The summed E-state index contributed by atoms with van der Waals surface area (Å²) in [5, 5.41) is 0. The van der Waals surface area contributed by atoms with Crippen LogP contribution >= 0.6 is 0 Å². The van der Waals surface area contributed by atoms with Crippen LogP contribution in [-0.2, 0) is 11.8 Å². The largest absolute Gasteiger partial charge is 0.0651 e. The summed E-state index contributed by atoms with van der Waals surface area (Å²) in [5.74, 6) is 0. The Bertz CT molecular complexity index is 266. The van der Waals surface area contributed by atoms with Crippen molar-refractivity contribution in [1.29, 1.82) is 0 Å². The Morgan fingerprint density at radius 1 is 1.23 bits per heavy atom. The van der Waals surface area contributed by atoms with Crippen LogP contribution in [-0.4, -0.2) is 0 Å². The third-order valence-electron chi connectivity index (χ3n) is 2.25. The first-order chi connectivity index (χ1) is 6.04. The minimum absolute atomic E-state index is 0.250. The van der Waals surface area contributed by atoms with Crippen LogP contribution in [0, 0.1) is 6.07 Å². The highest BCUT2D eigenvalue weighted by Gasteiger charge is 2.13. The van der Waals surface area contributed by atoms with Crippen molar-refractivity contribution in [2.24, 2.45) is 0 Å². The third kappa shape index (κ3) is 2.87. The summed E-state index contributed by atoms with van der Waals surface area (Å²) in [7, 11) is 0. The van der Waals surface area contributed by atoms with Crippen LogP contribution in [0.4, 0.5) is 0 Å². The summed E-state index contributed by atoms with van der Waals surface area (Å²) < 4.78 is 0. The zero-order chi connectivity index (χ0) is 9.90. The highest BCUT2D eigenvalue weighted by molar-refractivity contribution is 5.27. The maximum atomic E-state index is 3.22. The molecule has 0 unspecified atom stereocenters. The molecule has 1 aromatic rings. The Balaban J connectivity index is 2.92. The average Bonchev–Trinajstić information content (AvgIpc) is 2.04. The van der Waals surface area contributed by atoms with Crippen molar-refractivity contribution < 1.29 is 0 Å². The van der Waals surface area contributed by atoms with Gasteiger partial charge < -0.3 is 0 Å². The van der Waals surface area contributed by atoms with Crippen LogP contribution in [0.3, 0.4) is 0 Å². The van der Waals surface area contributed by atoms with Crippen molar-refractivity contribution in [2.45, 2.75) is 46.0 Å². The number of hydrogen-bond donors (Lipinski definition) is 0. The van der Waals surface area contributed by atoms with E-state index in [2.05, 4.69) is 52.0 Å². The van der Waals surface area contributed by atoms with E-state index in [-0.39, 0.29) is 5.41 Å². The molecule has 0 heteroatoms. The van der Waals surface area contributed by atoms with Crippen molar-refractivity contribution in [2.75, 3.05) is 0 Å². The number of hydrogen-bond acceptors (Lipinski definition) is 0. The molecule has 0 heterocycles. The number of rotatable bonds is 2. The minimum atomic E-state index is 0.250. The Morgan fingerprint density at radius 2 is 1.92 bits per heavy atom. The zero-order valence-corrected chi connectivity index (χ0v) is 9.15. The predicted octanol–water partition coefficient (Wildman–Crippen LogP) is 3.74. The molecule has 0 bridgehead atoms. The normalized spacial score (nSPS) is 11.7. The molecule has 0 N–H and O–H groups in total. The molecule has 0 atom stereocenters. The molecule has 13 heavy (non-hydrogen) atoms. The van der Waals surface area contributed by atoms with Crippen LogP contribution in [0.1, 0.15) is 45.2 Å². The molecule has 0 saturated carbocycles. The summed E-state index contributed by atoms with van der Waals surface area (Å²) in [4.78, 5) is 0. The van der Waals surface area contributed by atoms with E-state index in [1.54, 1.807) is 0 Å². The molecular weight excluding hydrogens is 156 g/mol. The lowest BCUT2D eigenvalue weighted by Crippen LogP contribution is -2.11. The smallest absolute Gasteiger partial charge is 0.0132 e. The van der Waals surface area contributed by atoms with E-state index in [0.717, 1.165) is 0 Å². The molecule has 0 aliphatic rings. The molecule has 0 amide bonds. The Hall–Kier alpha value is -0.780. The first kappa shape index (κ1) is 10.3. The van der Waals surface area contributed by atoms with E-state index in [1.807, 2.05) is 0 Å². The maximum Gasteiger partial charge on any atom is -0.0132 e. The Kier molecular flexibility index (Phi) is 3.13. The monoisotopic (exact) mass is 175 g/mol. The van der Waals surface area contributed by atoms with Gasteiger partial charge in [-0.3, -0.25) is 0 Å². The van der Waals surface area contributed by atoms with Gasteiger partial charge in [0.1, 0.15) is 0 Å². The summed E-state index contributed by atoms with van der Waals surface area (Å²) in [6.45, 7) is 8.94. The highest BCUT2D eigenvalue weighted by Crippen LogP contribution is 2.22. The van der Waals surface area contributed by atoms with Gasteiger partial charge in [0.15, 0.2) is 0 Å². The molecule has 0 aliphatic heterocycles. The van der Waals surface area contributed by atoms with E-state index < -0.39 is 0 Å². The minimum Gasteiger partial charge on any atom is -0.0651 e. The van der Waals surface area contributed by atoms with Gasteiger partial charge in [-0.15, -0.1) is 0 Å². The third-order valence-corrected chi connectivity index (χ3v) is 2.25. The second-order valence-corrected chi connectivity index (χ2v) is 4.63. The highest BCUT2D eigenvalue weighted by atomic mass is 14.2. The second kappa shape index (κ2) is 3.95. The van der Waals surface area contributed by atoms with Crippen molar-refractivity contribution in [3.05, 3.63) is 35.4 Å². The molecule has 0 fully saturated rings. The molecule has 71 valence electrons. The standard InChI is InChI=1S/C13H19/c1-5-7-11-8-6-9-12(10-11)13(2,3)4/h8-10H,5,7H2,1-4H3. The summed E-state index contributed by atoms with van der Waals surface area (Å²) in [6.07, 6.45) is 2.38. The second-order valence-electron chi connectivity index (χ2n) is 4.63. The van der Waals surface area contributed by atoms with Gasteiger partial charge in [0.25, 0.3) is 0 Å². The molecule has 0 aliphatic carbocycles. The fraction of sp³-hybridized carbons (Fsp3) is 0.538. The van der Waals surface area contributed by atoms with Gasteiger partial charge >= 0.3 is 0 Å². The van der Waals surface area contributed by atoms with Gasteiger partial charge in [0.2, 0.25) is 0 Å². The van der Waals surface area contributed by atoms with Crippen LogP contribution in [0.2, 0.25) is 0 Å². The molecule has 0 aromatic heterocycles. The van der Waals surface area contributed by atoms with Crippen molar-refractivity contribution in [1.82, 2.24) is 0 Å². The van der Waals surface area contributed by atoms with Gasteiger partial charge in [-0.05, 0) is 29.0 Å². The molecule has 1 radical (unpaired) electrons. The van der Waals surface area contributed by atoms with Gasteiger partial charge in [-0.25, -0.2) is 0 Å². The summed E-state index contributed by atoms with van der Waals surface area (Å²) >= 11 is 0. The average molecular weight is 175 g/mol. The lowest BCUT2D eigenvalue weighted by Gasteiger charge is -2.19. The molecule has 1 rings (SSSR count). The molecule has 0 spiro atoms. The van der Waals surface area contributed by atoms with E-state index in [4.69, 9.17) is 0 Å². The van der Waals surface area contributed by atoms with Crippen molar-refractivity contribution >= 4 is 0 Å². The van der Waals surface area contributed by atoms with E-state index in [0.29, 0.717) is 0 Å². The fourth-order valence-electron chi connectivity index (χ4n) is 1.39. The van der Waals surface area contributed by atoms with Crippen molar-refractivity contribution in [3.8, 4) is 0 Å². The fourth-order valence-corrected chi connectivity index (χ4v) is 1.39. The van der Waals surface area contributed by atoms with Gasteiger partial charge in [0, 0.05) is 0 Å². The van der Waals surface area contributed by atoms with Crippen molar-refractivity contribution in [3.63, 3.8) is 0 Å². The lowest BCUT2D eigenvalue weighted by atomic mass is 9.86. The predicted molar refractivity (Wildman–Crippen MR) is 58.0 cm³/mol. The van der Waals surface area contributed by atoms with E-state index in [9.17, 15) is 0 Å². The van der Waals surface area contributed by atoms with E-state index >= 15 is 0 Å². The van der Waals surface area contributed by atoms with Crippen LogP contribution in [0.5, 0.6) is 0 Å². The number of benzene rings is 1. The lowest BCUT2D eigenvalue weighted by molar-refractivity contribution is 0.589. The zero-order valence-electron chi connectivity index (χ0n) is 9.15. The maximum absolute atomic E-state index is 3.22. The summed E-state index contributed by atoms with van der Waals surface area (Å²) in [5.41, 5.74) is 3.05. The Morgan fingerprint density at radius 3 is 2.46 bits per heavy atom. The van der Waals surface area contributed by atoms with Crippen LogP contribution < -0.4 is 0 Å².